The van der Waals surface area contributed by atoms with Crippen molar-refractivity contribution in [3.05, 3.63) is 28.7 Å². The Labute approximate surface area is 101 Å². The molecule has 0 atom stereocenters. The zero-order valence-electron chi connectivity index (χ0n) is 8.48. The highest BCUT2D eigenvalue weighted by Gasteiger charge is 2.25. The Morgan fingerprint density at radius 3 is 2.56 bits per heavy atom. The van der Waals surface area contributed by atoms with Crippen LogP contribution in [0.1, 0.15) is 6.42 Å². The van der Waals surface area contributed by atoms with Gasteiger partial charge in [0.25, 0.3) is 0 Å². The van der Waals surface area contributed by atoms with Crippen LogP contribution in [0.25, 0.3) is 0 Å². The van der Waals surface area contributed by atoms with E-state index in [1.807, 2.05) is 0 Å². The zero-order chi connectivity index (χ0) is 11.5. The molecular formula is C11H10BrNO3. The summed E-state index contributed by atoms with van der Waals surface area (Å²) < 4.78 is 6.04. The van der Waals surface area contributed by atoms with E-state index >= 15 is 0 Å². The lowest BCUT2D eigenvalue weighted by Gasteiger charge is -2.13. The minimum Gasteiger partial charge on any atom is -0.410 e. The molecule has 0 radical (unpaired) electrons. The number of hydrogen-bond donors (Lipinski definition) is 0. The highest BCUT2D eigenvalue weighted by Crippen LogP contribution is 2.17. The van der Waals surface area contributed by atoms with Crippen molar-refractivity contribution in [2.75, 3.05) is 13.1 Å². The summed E-state index contributed by atoms with van der Waals surface area (Å²) in [6, 6.07) is 6.97. The fourth-order valence-corrected chi connectivity index (χ4v) is 1.72. The van der Waals surface area contributed by atoms with Crippen LogP contribution in [-0.2, 0) is 4.79 Å². The number of Topliss-reactive ketones (excluding diaryl/α,β-unsaturated/α-hetero) is 1. The summed E-state index contributed by atoms with van der Waals surface area (Å²) in [5, 5.41) is 0. The summed E-state index contributed by atoms with van der Waals surface area (Å²) in [6.45, 7) is 0.615. The van der Waals surface area contributed by atoms with Gasteiger partial charge < -0.3 is 9.64 Å². The third-order valence-electron chi connectivity index (χ3n) is 2.30. The number of halogens is 1. The molecule has 4 nitrogen and oxygen atoms in total. The minimum absolute atomic E-state index is 0.0766. The second-order valence-electron chi connectivity index (χ2n) is 3.53. The van der Waals surface area contributed by atoms with Crippen molar-refractivity contribution in [3.8, 4) is 5.75 Å². The van der Waals surface area contributed by atoms with E-state index in [0.717, 1.165) is 4.47 Å². The summed E-state index contributed by atoms with van der Waals surface area (Å²) >= 11 is 3.29. The molecule has 0 aromatic heterocycles. The second-order valence-corrected chi connectivity index (χ2v) is 4.45. The van der Waals surface area contributed by atoms with Crippen molar-refractivity contribution < 1.29 is 14.3 Å². The molecule has 0 saturated carbocycles. The van der Waals surface area contributed by atoms with Gasteiger partial charge in [0, 0.05) is 17.4 Å². The predicted octanol–water partition coefficient (Wildman–Crippen LogP) is 2.22. The summed E-state index contributed by atoms with van der Waals surface area (Å²) in [7, 11) is 0. The molecule has 2 rings (SSSR count). The number of ether oxygens (including phenoxy) is 1. The Balaban J connectivity index is 1.97. The molecule has 5 heteroatoms. The average molecular weight is 284 g/mol. The van der Waals surface area contributed by atoms with Crippen LogP contribution in [0.4, 0.5) is 4.79 Å². The third kappa shape index (κ3) is 2.61. The first kappa shape index (κ1) is 11.1. The largest absolute Gasteiger partial charge is 0.415 e. The first-order chi connectivity index (χ1) is 7.65. The minimum atomic E-state index is -0.465. The van der Waals surface area contributed by atoms with E-state index in [1.165, 1.54) is 4.90 Å². The van der Waals surface area contributed by atoms with Gasteiger partial charge in [-0.3, -0.25) is 4.79 Å². The highest BCUT2D eigenvalue weighted by atomic mass is 79.9. The van der Waals surface area contributed by atoms with Crippen molar-refractivity contribution in [3.63, 3.8) is 0 Å². The Hall–Kier alpha value is -1.36. The molecular weight excluding hydrogens is 274 g/mol. The predicted molar refractivity (Wildman–Crippen MR) is 61.4 cm³/mol. The van der Waals surface area contributed by atoms with Crippen LogP contribution in [0.2, 0.25) is 0 Å². The van der Waals surface area contributed by atoms with E-state index in [2.05, 4.69) is 15.9 Å². The van der Waals surface area contributed by atoms with E-state index in [4.69, 9.17) is 4.74 Å². The molecule has 0 spiro atoms. The number of benzene rings is 1. The van der Waals surface area contributed by atoms with Gasteiger partial charge in [0.05, 0.1) is 6.54 Å². The quantitative estimate of drug-likeness (QED) is 0.794. The van der Waals surface area contributed by atoms with Gasteiger partial charge in [0.15, 0.2) is 5.78 Å². The maximum absolute atomic E-state index is 11.6. The number of likely N-dealkylation sites (tertiary alicyclic amines) is 1. The van der Waals surface area contributed by atoms with Gasteiger partial charge in [-0.2, -0.15) is 0 Å². The van der Waals surface area contributed by atoms with Crippen LogP contribution in [0.3, 0.4) is 0 Å². The molecule has 1 aliphatic heterocycles. The van der Waals surface area contributed by atoms with Crippen molar-refractivity contribution in [1.29, 1.82) is 0 Å². The lowest BCUT2D eigenvalue weighted by Crippen LogP contribution is -2.31. The van der Waals surface area contributed by atoms with Crippen LogP contribution >= 0.6 is 15.9 Å². The van der Waals surface area contributed by atoms with Gasteiger partial charge in [-0.25, -0.2) is 4.79 Å². The van der Waals surface area contributed by atoms with Gasteiger partial charge in [-0.1, -0.05) is 15.9 Å². The molecule has 0 bridgehead atoms. The number of ketones is 1. The molecule has 1 aliphatic rings. The molecule has 1 heterocycles. The molecule has 0 unspecified atom stereocenters. The fraction of sp³-hybridized carbons (Fsp3) is 0.273. The Morgan fingerprint density at radius 1 is 1.31 bits per heavy atom. The van der Waals surface area contributed by atoms with Crippen LogP contribution < -0.4 is 4.74 Å². The first-order valence-corrected chi connectivity index (χ1v) is 5.68. The molecule has 16 heavy (non-hydrogen) atoms. The van der Waals surface area contributed by atoms with Crippen molar-refractivity contribution in [1.82, 2.24) is 4.90 Å². The molecule has 1 aromatic carbocycles. The summed E-state index contributed by atoms with van der Waals surface area (Å²) in [5.41, 5.74) is 0. The van der Waals surface area contributed by atoms with Crippen LogP contribution in [0.5, 0.6) is 5.75 Å². The number of hydrogen-bond acceptors (Lipinski definition) is 3. The maximum Gasteiger partial charge on any atom is 0.415 e. The molecule has 0 N–H and O–H groups in total. The van der Waals surface area contributed by atoms with Gasteiger partial charge >= 0.3 is 6.09 Å². The molecule has 1 aromatic rings. The Morgan fingerprint density at radius 2 is 2.00 bits per heavy atom. The lowest BCUT2D eigenvalue weighted by molar-refractivity contribution is -0.116. The third-order valence-corrected chi connectivity index (χ3v) is 2.83. The molecule has 1 amide bonds. The van der Waals surface area contributed by atoms with E-state index in [-0.39, 0.29) is 12.3 Å². The maximum atomic E-state index is 11.6. The van der Waals surface area contributed by atoms with E-state index in [9.17, 15) is 9.59 Å². The van der Waals surface area contributed by atoms with Crippen molar-refractivity contribution in [2.45, 2.75) is 6.42 Å². The highest BCUT2D eigenvalue weighted by molar-refractivity contribution is 9.10. The SMILES string of the molecule is O=C1CCN(C(=O)Oc2ccc(Br)cc2)C1. The zero-order valence-corrected chi connectivity index (χ0v) is 10.1. The summed E-state index contributed by atoms with van der Waals surface area (Å²) in [4.78, 5) is 24.0. The van der Waals surface area contributed by atoms with Crippen molar-refractivity contribution in [2.24, 2.45) is 0 Å². The van der Waals surface area contributed by atoms with Gasteiger partial charge in [0.2, 0.25) is 0 Å². The van der Waals surface area contributed by atoms with Crippen LogP contribution in [0.15, 0.2) is 28.7 Å². The molecule has 84 valence electrons. The van der Waals surface area contributed by atoms with Crippen LogP contribution in [0, 0.1) is 0 Å². The van der Waals surface area contributed by atoms with E-state index in [1.54, 1.807) is 24.3 Å². The topological polar surface area (TPSA) is 46.6 Å². The second kappa shape index (κ2) is 4.65. The number of amides is 1. The number of nitrogens with zero attached hydrogens (tertiary/aromatic N) is 1. The first-order valence-electron chi connectivity index (χ1n) is 4.89. The smallest absolute Gasteiger partial charge is 0.410 e. The number of carbonyl (C=O) groups excluding carboxylic acids is 2. The standard InChI is InChI=1S/C11H10BrNO3/c12-8-1-3-10(4-2-8)16-11(15)13-6-5-9(14)7-13/h1-4H,5-7H2. The van der Waals surface area contributed by atoms with Gasteiger partial charge in [-0.15, -0.1) is 0 Å². The monoisotopic (exact) mass is 283 g/mol. The lowest BCUT2D eigenvalue weighted by atomic mass is 10.3. The van der Waals surface area contributed by atoms with E-state index < -0.39 is 6.09 Å². The molecule has 0 aliphatic carbocycles. The van der Waals surface area contributed by atoms with Crippen LogP contribution in [-0.4, -0.2) is 29.9 Å². The van der Waals surface area contributed by atoms with Crippen molar-refractivity contribution >= 4 is 27.8 Å². The molecule has 1 fully saturated rings. The van der Waals surface area contributed by atoms with E-state index in [0.29, 0.717) is 18.7 Å². The van der Waals surface area contributed by atoms with Gasteiger partial charge in [0.1, 0.15) is 5.75 Å². The Bertz CT molecular complexity index is 416. The number of carbonyl (C=O) groups is 2. The normalized spacial score (nSPS) is 15.3. The van der Waals surface area contributed by atoms with Gasteiger partial charge in [-0.05, 0) is 24.3 Å². The Kier molecular flexibility index (Phi) is 3.24. The number of rotatable bonds is 1. The molecule has 1 saturated heterocycles. The average Bonchev–Trinajstić information content (AvgIpc) is 2.68. The summed E-state index contributed by atoms with van der Waals surface area (Å²) in [5.74, 6) is 0.556. The summed E-state index contributed by atoms with van der Waals surface area (Å²) in [6.07, 6.45) is -0.0386. The fourth-order valence-electron chi connectivity index (χ4n) is 1.45.